The number of amides is 1. The quantitative estimate of drug-likeness (QED) is 0.250. The van der Waals surface area contributed by atoms with Crippen LogP contribution in [0.2, 0.25) is 5.02 Å². The van der Waals surface area contributed by atoms with Gasteiger partial charge in [0.1, 0.15) is 12.4 Å². The predicted molar refractivity (Wildman–Crippen MR) is 127 cm³/mol. The van der Waals surface area contributed by atoms with Crippen molar-refractivity contribution in [3.63, 3.8) is 0 Å². The zero-order chi connectivity index (χ0) is 22.8. The van der Waals surface area contributed by atoms with Crippen LogP contribution in [0.15, 0.2) is 77.9 Å². The maximum atomic E-state index is 11.9. The summed E-state index contributed by atoms with van der Waals surface area (Å²) in [5.41, 5.74) is 5.29. The molecule has 0 saturated heterocycles. The molecule has 1 N–H and O–H groups in total. The Morgan fingerprint density at radius 3 is 2.34 bits per heavy atom. The minimum atomic E-state index is -0.440. The second-order valence-electron chi connectivity index (χ2n) is 6.69. The fraction of sp³-hybridized carbons (Fsp3) is 0.130. The van der Waals surface area contributed by atoms with Gasteiger partial charge in [0.05, 0.1) is 16.9 Å². The third-order valence-electron chi connectivity index (χ3n) is 4.25. The predicted octanol–water partition coefficient (Wildman–Crippen LogP) is 5.21. The molecule has 0 aliphatic heterocycles. The van der Waals surface area contributed by atoms with Gasteiger partial charge in [-0.05, 0) is 53.1 Å². The lowest BCUT2D eigenvalue weighted by Crippen LogP contribution is -2.19. The van der Waals surface area contributed by atoms with Crippen LogP contribution in [0.1, 0.15) is 16.7 Å². The second kappa shape index (κ2) is 11.9. The first kappa shape index (κ1) is 23.3. The van der Waals surface area contributed by atoms with Crippen LogP contribution in [0.4, 0.5) is 5.69 Å². The summed E-state index contributed by atoms with van der Waals surface area (Å²) in [4.78, 5) is 22.1. The highest BCUT2D eigenvalue weighted by molar-refractivity contribution is 7.99. The maximum Gasteiger partial charge on any atom is 0.269 e. The number of nitrogens with zero attached hydrogens (tertiary/aromatic N) is 2. The Kier molecular flexibility index (Phi) is 8.65. The third-order valence-corrected chi connectivity index (χ3v) is 5.51. The molecule has 0 saturated carbocycles. The van der Waals surface area contributed by atoms with Crippen molar-refractivity contribution >= 4 is 41.2 Å². The van der Waals surface area contributed by atoms with Gasteiger partial charge < -0.3 is 4.74 Å². The number of hydrogen-bond acceptors (Lipinski definition) is 6. The van der Waals surface area contributed by atoms with Crippen molar-refractivity contribution in [2.75, 3.05) is 5.75 Å². The first-order valence-corrected chi connectivity index (χ1v) is 11.1. The average molecular weight is 470 g/mol. The van der Waals surface area contributed by atoms with Crippen LogP contribution in [-0.2, 0) is 17.2 Å². The van der Waals surface area contributed by atoms with Crippen LogP contribution in [0.25, 0.3) is 0 Å². The highest BCUT2D eigenvalue weighted by Crippen LogP contribution is 2.17. The summed E-state index contributed by atoms with van der Waals surface area (Å²) in [6, 6.07) is 21.1. The van der Waals surface area contributed by atoms with Crippen LogP contribution in [-0.4, -0.2) is 22.8 Å². The number of carbonyl (C=O) groups is 1. The summed E-state index contributed by atoms with van der Waals surface area (Å²) in [6.45, 7) is 0.443. The zero-order valence-corrected chi connectivity index (χ0v) is 18.5. The largest absolute Gasteiger partial charge is 0.489 e. The van der Waals surface area contributed by atoms with Crippen LogP contribution in [0.3, 0.4) is 0 Å². The number of halogens is 1. The lowest BCUT2D eigenvalue weighted by Gasteiger charge is -2.06. The van der Waals surface area contributed by atoms with Crippen molar-refractivity contribution in [1.29, 1.82) is 0 Å². The van der Waals surface area contributed by atoms with E-state index in [1.807, 2.05) is 48.5 Å². The van der Waals surface area contributed by atoms with Crippen molar-refractivity contribution in [2.45, 2.75) is 12.4 Å². The molecule has 0 radical (unpaired) electrons. The first-order chi connectivity index (χ1) is 15.5. The Morgan fingerprint density at radius 1 is 1.03 bits per heavy atom. The molecule has 0 heterocycles. The van der Waals surface area contributed by atoms with E-state index in [1.54, 1.807) is 18.3 Å². The van der Waals surface area contributed by atoms with Gasteiger partial charge in [0, 0.05) is 22.9 Å². The van der Waals surface area contributed by atoms with Gasteiger partial charge in [-0.2, -0.15) is 5.10 Å². The number of non-ortho nitro benzene ring substituents is 1. The van der Waals surface area contributed by atoms with Gasteiger partial charge in [-0.25, -0.2) is 5.43 Å². The fourth-order valence-corrected chi connectivity index (χ4v) is 3.49. The van der Waals surface area contributed by atoms with Gasteiger partial charge >= 0.3 is 0 Å². The summed E-state index contributed by atoms with van der Waals surface area (Å²) in [6.07, 6.45) is 1.56. The molecular formula is C23H20ClN3O4S. The van der Waals surface area contributed by atoms with Gasteiger partial charge in [0.25, 0.3) is 5.69 Å². The lowest BCUT2D eigenvalue weighted by atomic mass is 10.2. The van der Waals surface area contributed by atoms with Gasteiger partial charge in [0.15, 0.2) is 0 Å². The van der Waals surface area contributed by atoms with E-state index in [0.29, 0.717) is 17.4 Å². The Labute approximate surface area is 194 Å². The van der Waals surface area contributed by atoms with E-state index in [2.05, 4.69) is 10.5 Å². The number of benzene rings is 3. The SMILES string of the molecule is O=C(CSCc1ccc([N+](=O)[O-])cc1)N/N=C\c1ccc(OCc2ccc(Cl)cc2)cc1. The van der Waals surface area contributed by atoms with E-state index in [-0.39, 0.29) is 17.3 Å². The van der Waals surface area contributed by atoms with Crippen molar-refractivity contribution in [3.05, 3.63) is 105 Å². The number of nitrogens with one attached hydrogen (secondary N) is 1. The smallest absolute Gasteiger partial charge is 0.269 e. The number of hydrazone groups is 1. The Morgan fingerprint density at radius 2 is 1.69 bits per heavy atom. The first-order valence-electron chi connectivity index (χ1n) is 9.60. The Balaban J connectivity index is 1.36. The lowest BCUT2D eigenvalue weighted by molar-refractivity contribution is -0.384. The monoisotopic (exact) mass is 469 g/mol. The number of rotatable bonds is 10. The molecule has 32 heavy (non-hydrogen) atoms. The van der Waals surface area contributed by atoms with Crippen molar-refractivity contribution in [2.24, 2.45) is 5.10 Å². The molecule has 0 atom stereocenters. The molecule has 0 fully saturated rings. The van der Waals surface area contributed by atoms with E-state index in [0.717, 1.165) is 22.4 Å². The molecule has 0 aromatic heterocycles. The molecule has 0 aliphatic rings. The van der Waals surface area contributed by atoms with E-state index < -0.39 is 4.92 Å². The highest BCUT2D eigenvalue weighted by Gasteiger charge is 2.05. The molecular weight excluding hydrogens is 450 g/mol. The molecule has 3 aromatic carbocycles. The Hall–Kier alpha value is -3.36. The van der Waals surface area contributed by atoms with Crippen LogP contribution >= 0.6 is 23.4 Å². The minimum absolute atomic E-state index is 0.0481. The second-order valence-corrected chi connectivity index (χ2v) is 8.12. The van der Waals surface area contributed by atoms with E-state index in [4.69, 9.17) is 16.3 Å². The van der Waals surface area contributed by atoms with E-state index in [1.165, 1.54) is 23.9 Å². The van der Waals surface area contributed by atoms with Crippen LogP contribution in [0, 0.1) is 10.1 Å². The summed E-state index contributed by atoms with van der Waals surface area (Å²) in [5, 5.41) is 15.3. The van der Waals surface area contributed by atoms with E-state index >= 15 is 0 Å². The number of nitro groups is 1. The van der Waals surface area contributed by atoms with Crippen LogP contribution in [0.5, 0.6) is 5.75 Å². The van der Waals surface area contributed by atoms with Crippen LogP contribution < -0.4 is 10.2 Å². The minimum Gasteiger partial charge on any atom is -0.489 e. The molecule has 9 heteroatoms. The zero-order valence-electron chi connectivity index (χ0n) is 16.9. The molecule has 7 nitrogen and oxygen atoms in total. The molecule has 164 valence electrons. The topological polar surface area (TPSA) is 93.8 Å². The number of hydrogen-bond donors (Lipinski definition) is 1. The summed E-state index contributed by atoms with van der Waals surface area (Å²) < 4.78 is 5.74. The van der Waals surface area contributed by atoms with Gasteiger partial charge in [-0.3, -0.25) is 14.9 Å². The van der Waals surface area contributed by atoms with Gasteiger partial charge in [-0.15, -0.1) is 11.8 Å². The summed E-state index contributed by atoms with van der Waals surface area (Å²) in [5.74, 6) is 1.30. The van der Waals surface area contributed by atoms with Gasteiger partial charge in [0.2, 0.25) is 5.91 Å². The molecule has 0 spiro atoms. The molecule has 0 unspecified atom stereocenters. The number of ether oxygens (including phenoxy) is 1. The highest BCUT2D eigenvalue weighted by atomic mass is 35.5. The molecule has 3 aromatic rings. The van der Waals surface area contributed by atoms with Crippen molar-refractivity contribution in [3.8, 4) is 5.75 Å². The van der Waals surface area contributed by atoms with Crippen molar-refractivity contribution < 1.29 is 14.5 Å². The fourth-order valence-electron chi connectivity index (χ4n) is 2.58. The van der Waals surface area contributed by atoms with E-state index in [9.17, 15) is 14.9 Å². The molecule has 0 bridgehead atoms. The molecule has 0 aliphatic carbocycles. The number of carbonyl (C=O) groups excluding carboxylic acids is 1. The average Bonchev–Trinajstić information content (AvgIpc) is 2.80. The summed E-state index contributed by atoms with van der Waals surface area (Å²) >= 11 is 7.27. The number of nitro benzene ring substituents is 1. The molecule has 1 amide bonds. The maximum absolute atomic E-state index is 11.9. The molecule has 3 rings (SSSR count). The number of thioether (sulfide) groups is 1. The van der Waals surface area contributed by atoms with Crippen molar-refractivity contribution in [1.82, 2.24) is 5.43 Å². The normalized spacial score (nSPS) is 10.8. The Bertz CT molecular complexity index is 1070. The summed E-state index contributed by atoms with van der Waals surface area (Å²) in [7, 11) is 0. The standard InChI is InChI=1S/C23H20ClN3O4S/c24-20-7-1-18(2-8-20)14-31-22-11-5-17(6-12-22)13-25-26-23(28)16-32-15-19-3-9-21(10-4-19)27(29)30/h1-13H,14-16H2,(H,26,28)/b25-13-. The van der Waals surface area contributed by atoms with Gasteiger partial charge in [-0.1, -0.05) is 35.9 Å². The third kappa shape index (κ3) is 7.72.